The summed E-state index contributed by atoms with van der Waals surface area (Å²) in [5.74, 6) is 0.394. The van der Waals surface area contributed by atoms with Gasteiger partial charge in [-0.1, -0.05) is 25.4 Å². The van der Waals surface area contributed by atoms with Crippen molar-refractivity contribution < 1.29 is 4.39 Å². The summed E-state index contributed by atoms with van der Waals surface area (Å²) in [6.45, 7) is 4.04. The normalized spacial score (nSPS) is 11.1. The highest BCUT2D eigenvalue weighted by atomic mass is 35.5. The number of hydrogen-bond acceptors (Lipinski definition) is 3. The Kier molecular flexibility index (Phi) is 3.66. The van der Waals surface area contributed by atoms with Crippen LogP contribution in [0.5, 0.6) is 0 Å². The average molecular weight is 283 g/mol. The fourth-order valence-electron chi connectivity index (χ4n) is 1.85. The highest BCUT2D eigenvalue weighted by Gasteiger charge is 2.16. The van der Waals surface area contributed by atoms with Gasteiger partial charge in [0.15, 0.2) is 5.82 Å². The summed E-state index contributed by atoms with van der Waals surface area (Å²) in [7, 11) is 1.79. The van der Waals surface area contributed by atoms with Gasteiger partial charge >= 0.3 is 0 Å². The maximum absolute atomic E-state index is 13.4. The molecule has 0 amide bonds. The molecule has 2 aromatic rings. The van der Waals surface area contributed by atoms with Crippen molar-refractivity contribution in [3.63, 3.8) is 0 Å². The Morgan fingerprint density at radius 3 is 2.63 bits per heavy atom. The van der Waals surface area contributed by atoms with E-state index in [4.69, 9.17) is 17.3 Å². The summed E-state index contributed by atoms with van der Waals surface area (Å²) in [5, 5.41) is 7.51. The molecule has 0 aliphatic rings. The Bertz CT molecular complexity index is 607. The van der Waals surface area contributed by atoms with Crippen LogP contribution >= 0.6 is 11.6 Å². The van der Waals surface area contributed by atoms with Gasteiger partial charge in [0.05, 0.1) is 16.4 Å². The number of rotatable bonds is 3. The maximum atomic E-state index is 13.4. The average Bonchev–Trinajstić information content (AvgIpc) is 2.62. The number of halogens is 2. The van der Waals surface area contributed by atoms with Gasteiger partial charge in [-0.3, -0.25) is 4.68 Å². The van der Waals surface area contributed by atoms with E-state index >= 15 is 0 Å². The van der Waals surface area contributed by atoms with Gasteiger partial charge in [0.1, 0.15) is 5.82 Å². The van der Waals surface area contributed by atoms with Crippen molar-refractivity contribution in [2.45, 2.75) is 19.8 Å². The molecule has 1 aromatic carbocycles. The van der Waals surface area contributed by atoms with Crippen LogP contribution < -0.4 is 11.1 Å². The summed E-state index contributed by atoms with van der Waals surface area (Å²) in [6.07, 6.45) is 0. The molecule has 1 aromatic heterocycles. The molecular weight excluding hydrogens is 267 g/mol. The van der Waals surface area contributed by atoms with Gasteiger partial charge in [-0.05, 0) is 24.1 Å². The van der Waals surface area contributed by atoms with Gasteiger partial charge in [-0.15, -0.1) is 0 Å². The van der Waals surface area contributed by atoms with Crippen LogP contribution in [0, 0.1) is 5.82 Å². The van der Waals surface area contributed by atoms with E-state index < -0.39 is 5.82 Å². The Morgan fingerprint density at radius 1 is 1.42 bits per heavy atom. The lowest BCUT2D eigenvalue weighted by Gasteiger charge is -2.08. The number of aromatic nitrogens is 2. The zero-order valence-electron chi connectivity index (χ0n) is 11.0. The molecule has 0 bridgehead atoms. The van der Waals surface area contributed by atoms with Crippen molar-refractivity contribution in [3.8, 4) is 0 Å². The van der Waals surface area contributed by atoms with E-state index in [-0.39, 0.29) is 10.9 Å². The van der Waals surface area contributed by atoms with Gasteiger partial charge < -0.3 is 11.1 Å². The highest BCUT2D eigenvalue weighted by Crippen LogP contribution is 2.30. The van der Waals surface area contributed by atoms with Crippen molar-refractivity contribution in [1.82, 2.24) is 9.78 Å². The van der Waals surface area contributed by atoms with Crippen molar-refractivity contribution in [2.75, 3.05) is 11.1 Å². The van der Waals surface area contributed by atoms with Crippen LogP contribution in [0.4, 0.5) is 21.6 Å². The lowest BCUT2D eigenvalue weighted by Crippen LogP contribution is -2.01. The van der Waals surface area contributed by atoms with E-state index in [1.165, 1.54) is 12.1 Å². The highest BCUT2D eigenvalue weighted by molar-refractivity contribution is 6.30. The second kappa shape index (κ2) is 5.09. The molecule has 1 heterocycles. The molecule has 0 fully saturated rings. The van der Waals surface area contributed by atoms with E-state index in [1.54, 1.807) is 17.8 Å². The number of hydrogen-bond donors (Lipinski definition) is 2. The van der Waals surface area contributed by atoms with Gasteiger partial charge in [0.25, 0.3) is 0 Å². The molecule has 0 saturated carbocycles. The fraction of sp³-hybridized carbons (Fsp3) is 0.308. The summed E-state index contributed by atoms with van der Waals surface area (Å²) < 4.78 is 15.0. The number of nitrogens with two attached hydrogens (primary N) is 1. The van der Waals surface area contributed by atoms with E-state index in [2.05, 4.69) is 10.4 Å². The molecule has 0 unspecified atom stereocenters. The molecule has 6 heteroatoms. The van der Waals surface area contributed by atoms with Crippen LogP contribution in [0.3, 0.4) is 0 Å². The summed E-state index contributed by atoms with van der Waals surface area (Å²) >= 11 is 5.65. The standard InChI is InChI=1S/C13H16ClFN4/c1-7(2)12-11(16)13(19(3)18-12)17-8-4-5-9(14)10(15)6-8/h4-7,17H,16H2,1-3H3. The predicted octanol–water partition coefficient (Wildman–Crippen LogP) is 3.66. The minimum Gasteiger partial charge on any atom is -0.394 e. The lowest BCUT2D eigenvalue weighted by molar-refractivity contribution is 0.629. The van der Waals surface area contributed by atoms with Gasteiger partial charge in [0, 0.05) is 12.7 Å². The third-order valence-electron chi connectivity index (χ3n) is 2.84. The minimum absolute atomic E-state index is 0.0893. The van der Waals surface area contributed by atoms with Crippen molar-refractivity contribution in [3.05, 3.63) is 34.7 Å². The number of benzene rings is 1. The molecule has 0 aliphatic heterocycles. The first-order valence-corrected chi connectivity index (χ1v) is 6.32. The summed E-state index contributed by atoms with van der Waals surface area (Å²) in [5.41, 5.74) is 8.03. The maximum Gasteiger partial charge on any atom is 0.152 e. The summed E-state index contributed by atoms with van der Waals surface area (Å²) in [6, 6.07) is 4.51. The smallest absolute Gasteiger partial charge is 0.152 e. The fourth-order valence-corrected chi connectivity index (χ4v) is 1.96. The Hall–Kier alpha value is -1.75. The van der Waals surface area contributed by atoms with E-state index in [0.29, 0.717) is 17.2 Å². The molecule has 0 saturated heterocycles. The van der Waals surface area contributed by atoms with Crippen LogP contribution in [0.25, 0.3) is 0 Å². The molecule has 0 atom stereocenters. The predicted molar refractivity (Wildman–Crippen MR) is 76.4 cm³/mol. The van der Waals surface area contributed by atoms with Crippen LogP contribution in [0.15, 0.2) is 18.2 Å². The molecule has 3 N–H and O–H groups in total. The number of nitrogens with zero attached hydrogens (tertiary/aromatic N) is 2. The first-order valence-electron chi connectivity index (χ1n) is 5.94. The molecule has 19 heavy (non-hydrogen) atoms. The van der Waals surface area contributed by atoms with Crippen molar-refractivity contribution in [1.29, 1.82) is 0 Å². The number of aryl methyl sites for hydroxylation is 1. The SMILES string of the molecule is CC(C)c1nn(C)c(Nc2ccc(Cl)c(F)c2)c1N. The lowest BCUT2D eigenvalue weighted by atomic mass is 10.1. The Labute approximate surface area is 116 Å². The minimum atomic E-state index is -0.475. The van der Waals surface area contributed by atoms with Gasteiger partial charge in [0.2, 0.25) is 0 Å². The topological polar surface area (TPSA) is 55.9 Å². The zero-order valence-corrected chi connectivity index (χ0v) is 11.8. The molecule has 0 spiro atoms. The number of nitrogen functional groups attached to an aromatic ring is 1. The molecular formula is C13H16ClFN4. The Balaban J connectivity index is 2.35. The second-order valence-corrected chi connectivity index (χ2v) is 5.09. The molecule has 102 valence electrons. The molecule has 4 nitrogen and oxygen atoms in total. The van der Waals surface area contributed by atoms with Crippen LogP contribution in [-0.2, 0) is 7.05 Å². The number of anilines is 3. The van der Waals surface area contributed by atoms with Crippen molar-refractivity contribution >= 4 is 28.8 Å². The quantitative estimate of drug-likeness (QED) is 0.903. The van der Waals surface area contributed by atoms with Crippen LogP contribution in [0.1, 0.15) is 25.5 Å². The molecule has 0 aliphatic carbocycles. The second-order valence-electron chi connectivity index (χ2n) is 4.68. The van der Waals surface area contributed by atoms with E-state index in [9.17, 15) is 4.39 Å². The molecule has 2 rings (SSSR count). The van der Waals surface area contributed by atoms with Crippen molar-refractivity contribution in [2.24, 2.45) is 7.05 Å². The monoisotopic (exact) mass is 282 g/mol. The van der Waals surface area contributed by atoms with Crippen LogP contribution in [0.2, 0.25) is 5.02 Å². The third kappa shape index (κ3) is 2.66. The summed E-state index contributed by atoms with van der Waals surface area (Å²) in [4.78, 5) is 0. The third-order valence-corrected chi connectivity index (χ3v) is 3.15. The van der Waals surface area contributed by atoms with Gasteiger partial charge in [-0.2, -0.15) is 5.10 Å². The zero-order chi connectivity index (χ0) is 14.2. The largest absolute Gasteiger partial charge is 0.394 e. The number of nitrogens with one attached hydrogen (secondary N) is 1. The van der Waals surface area contributed by atoms with E-state index in [1.807, 2.05) is 13.8 Å². The van der Waals surface area contributed by atoms with Gasteiger partial charge in [-0.25, -0.2) is 4.39 Å². The first-order chi connectivity index (χ1) is 8.90. The van der Waals surface area contributed by atoms with Crippen LogP contribution in [-0.4, -0.2) is 9.78 Å². The first kappa shape index (κ1) is 13.7. The Morgan fingerprint density at radius 2 is 2.11 bits per heavy atom. The molecule has 0 radical (unpaired) electrons. The van der Waals surface area contributed by atoms with E-state index in [0.717, 1.165) is 5.69 Å².